The maximum atomic E-state index is 11.7. The van der Waals surface area contributed by atoms with Crippen LogP contribution in [0.4, 0.5) is 4.79 Å². The highest BCUT2D eigenvalue weighted by molar-refractivity contribution is 7.80. The molecule has 0 bridgehead atoms. The molecule has 17 heavy (non-hydrogen) atoms. The van der Waals surface area contributed by atoms with E-state index < -0.39 is 5.60 Å². The predicted molar refractivity (Wildman–Crippen MR) is 67.2 cm³/mol. The fourth-order valence-electron chi connectivity index (χ4n) is 1.50. The standard InChI is InChI=1S/C10H19N3O3S/c1-10(2,3)16-9(14)13-5-4-7(6-13)15-8(17)12-11/h7H,4-6,11H2,1-3H3,(H,12,17)/t7-/m0/s1. The quantitative estimate of drug-likeness (QED) is 0.412. The minimum atomic E-state index is -0.482. The third-order valence-corrected chi connectivity index (χ3v) is 2.40. The number of thiocarbonyl (C=S) groups is 1. The Labute approximate surface area is 106 Å². The molecule has 0 radical (unpaired) electrons. The maximum absolute atomic E-state index is 11.7. The fourth-order valence-corrected chi connectivity index (χ4v) is 1.64. The summed E-state index contributed by atoms with van der Waals surface area (Å²) in [5.74, 6) is 5.11. The third kappa shape index (κ3) is 4.74. The Morgan fingerprint density at radius 1 is 1.53 bits per heavy atom. The van der Waals surface area contributed by atoms with Crippen LogP contribution in [0.25, 0.3) is 0 Å². The van der Waals surface area contributed by atoms with Crippen LogP contribution >= 0.6 is 12.2 Å². The van der Waals surface area contributed by atoms with Crippen LogP contribution in [0.1, 0.15) is 27.2 Å². The van der Waals surface area contributed by atoms with E-state index in [0.717, 1.165) is 6.42 Å². The summed E-state index contributed by atoms with van der Waals surface area (Å²) in [7, 11) is 0. The minimum absolute atomic E-state index is 0.119. The van der Waals surface area contributed by atoms with Crippen LogP contribution in [0.2, 0.25) is 0 Å². The average molecular weight is 261 g/mol. The van der Waals surface area contributed by atoms with Gasteiger partial charge in [-0.25, -0.2) is 10.6 Å². The largest absolute Gasteiger partial charge is 0.465 e. The van der Waals surface area contributed by atoms with E-state index in [0.29, 0.717) is 13.1 Å². The first-order valence-corrected chi connectivity index (χ1v) is 5.88. The summed E-state index contributed by atoms with van der Waals surface area (Å²) in [5.41, 5.74) is 1.77. The second-order valence-electron chi connectivity index (χ2n) is 4.89. The van der Waals surface area contributed by atoms with Gasteiger partial charge in [0.25, 0.3) is 5.17 Å². The van der Waals surface area contributed by atoms with Crippen molar-refractivity contribution in [2.75, 3.05) is 13.1 Å². The molecule has 1 atom stereocenters. The molecule has 3 N–H and O–H groups in total. The molecule has 0 spiro atoms. The zero-order chi connectivity index (χ0) is 13.1. The lowest BCUT2D eigenvalue weighted by Crippen LogP contribution is -2.37. The summed E-state index contributed by atoms with van der Waals surface area (Å²) in [4.78, 5) is 13.3. The summed E-state index contributed by atoms with van der Waals surface area (Å²) >= 11 is 4.79. The van der Waals surface area contributed by atoms with Gasteiger partial charge in [0.15, 0.2) is 0 Å². The number of hydrogen-bond donors (Lipinski definition) is 2. The highest BCUT2D eigenvalue weighted by atomic mass is 32.1. The van der Waals surface area contributed by atoms with Crippen molar-refractivity contribution in [3.8, 4) is 0 Å². The Kier molecular flexibility index (Phi) is 4.53. The van der Waals surface area contributed by atoms with Gasteiger partial charge in [0.05, 0.1) is 6.54 Å². The van der Waals surface area contributed by atoms with Crippen molar-refractivity contribution in [1.29, 1.82) is 0 Å². The number of ether oxygens (including phenoxy) is 2. The Morgan fingerprint density at radius 2 is 2.18 bits per heavy atom. The van der Waals surface area contributed by atoms with Gasteiger partial charge in [-0.2, -0.15) is 0 Å². The van der Waals surface area contributed by atoms with E-state index in [1.165, 1.54) is 0 Å². The molecule has 0 unspecified atom stereocenters. The van der Waals surface area contributed by atoms with Crippen molar-refractivity contribution in [3.05, 3.63) is 0 Å². The molecule has 1 amide bonds. The Balaban J connectivity index is 2.39. The van der Waals surface area contributed by atoms with E-state index in [1.807, 2.05) is 20.8 Å². The van der Waals surface area contributed by atoms with Gasteiger partial charge >= 0.3 is 6.09 Å². The molecular formula is C10H19N3O3S. The molecule has 1 aliphatic rings. The number of amides is 1. The van der Waals surface area contributed by atoms with E-state index in [2.05, 4.69) is 5.43 Å². The Morgan fingerprint density at radius 3 is 2.71 bits per heavy atom. The predicted octanol–water partition coefficient (Wildman–Crippen LogP) is 0.761. The van der Waals surface area contributed by atoms with Crippen molar-refractivity contribution in [2.45, 2.75) is 38.9 Å². The monoisotopic (exact) mass is 261 g/mol. The summed E-state index contributed by atoms with van der Waals surface area (Å²) in [6, 6.07) is 0. The molecule has 0 aromatic rings. The van der Waals surface area contributed by atoms with Crippen molar-refractivity contribution in [2.24, 2.45) is 5.84 Å². The number of carbonyl (C=O) groups is 1. The van der Waals surface area contributed by atoms with Gasteiger partial charge in [-0.3, -0.25) is 5.43 Å². The van der Waals surface area contributed by atoms with Crippen LogP contribution in [0.5, 0.6) is 0 Å². The lowest BCUT2D eigenvalue weighted by atomic mass is 10.2. The number of nitrogens with zero attached hydrogens (tertiary/aromatic N) is 1. The van der Waals surface area contributed by atoms with Gasteiger partial charge in [0, 0.05) is 13.0 Å². The summed E-state index contributed by atoms with van der Waals surface area (Å²) in [6.07, 6.45) is 0.280. The van der Waals surface area contributed by atoms with Crippen LogP contribution in [0, 0.1) is 0 Å². The normalized spacial score (nSPS) is 20.0. The number of carbonyl (C=O) groups excluding carboxylic acids is 1. The first kappa shape index (κ1) is 14.0. The molecule has 0 saturated carbocycles. The zero-order valence-corrected chi connectivity index (χ0v) is 11.2. The number of nitrogens with one attached hydrogen (secondary N) is 1. The molecule has 1 aliphatic heterocycles. The van der Waals surface area contributed by atoms with E-state index >= 15 is 0 Å². The number of nitrogens with two attached hydrogens (primary N) is 1. The van der Waals surface area contributed by atoms with Crippen LogP contribution in [0.3, 0.4) is 0 Å². The highest BCUT2D eigenvalue weighted by Crippen LogP contribution is 2.17. The molecule has 0 aromatic carbocycles. The van der Waals surface area contributed by atoms with Gasteiger partial charge in [-0.1, -0.05) is 0 Å². The molecule has 0 aliphatic carbocycles. The maximum Gasteiger partial charge on any atom is 0.410 e. The van der Waals surface area contributed by atoms with Crippen molar-refractivity contribution >= 4 is 23.5 Å². The van der Waals surface area contributed by atoms with Gasteiger partial charge in [-0.15, -0.1) is 0 Å². The minimum Gasteiger partial charge on any atom is -0.465 e. The second kappa shape index (κ2) is 5.50. The van der Waals surface area contributed by atoms with Crippen LogP contribution in [-0.2, 0) is 9.47 Å². The molecule has 1 fully saturated rings. The molecule has 0 aromatic heterocycles. The van der Waals surface area contributed by atoms with E-state index in [1.54, 1.807) is 4.90 Å². The molecule has 1 saturated heterocycles. The Bertz CT molecular complexity index is 304. The zero-order valence-electron chi connectivity index (χ0n) is 10.4. The molecule has 98 valence electrons. The van der Waals surface area contributed by atoms with Crippen molar-refractivity contribution in [3.63, 3.8) is 0 Å². The summed E-state index contributed by atoms with van der Waals surface area (Å²) in [6.45, 7) is 6.58. The number of likely N-dealkylation sites (tertiary alicyclic amines) is 1. The molecule has 1 rings (SSSR count). The van der Waals surface area contributed by atoms with Crippen LogP contribution in [0.15, 0.2) is 0 Å². The highest BCUT2D eigenvalue weighted by Gasteiger charge is 2.31. The molecule has 7 heteroatoms. The Hall–Kier alpha value is -1.08. The summed E-state index contributed by atoms with van der Waals surface area (Å²) in [5, 5.41) is 0.140. The van der Waals surface area contributed by atoms with Crippen LogP contribution < -0.4 is 11.3 Å². The second-order valence-corrected chi connectivity index (χ2v) is 5.26. The van der Waals surface area contributed by atoms with Gasteiger partial charge in [0.1, 0.15) is 11.7 Å². The fraction of sp³-hybridized carbons (Fsp3) is 0.800. The lowest BCUT2D eigenvalue weighted by Gasteiger charge is -2.24. The van der Waals surface area contributed by atoms with E-state index in [9.17, 15) is 4.79 Å². The van der Waals surface area contributed by atoms with Gasteiger partial charge in [-0.05, 0) is 33.0 Å². The average Bonchev–Trinajstić information content (AvgIpc) is 2.63. The van der Waals surface area contributed by atoms with E-state index in [-0.39, 0.29) is 17.4 Å². The summed E-state index contributed by atoms with van der Waals surface area (Å²) < 4.78 is 10.6. The van der Waals surface area contributed by atoms with Gasteiger partial charge < -0.3 is 14.4 Å². The smallest absolute Gasteiger partial charge is 0.410 e. The van der Waals surface area contributed by atoms with Gasteiger partial charge in [0.2, 0.25) is 0 Å². The third-order valence-electron chi connectivity index (χ3n) is 2.19. The van der Waals surface area contributed by atoms with Crippen molar-refractivity contribution in [1.82, 2.24) is 10.3 Å². The molecule has 1 heterocycles. The lowest BCUT2D eigenvalue weighted by molar-refractivity contribution is 0.0273. The SMILES string of the molecule is CC(C)(C)OC(=O)N1CC[C@H](OC(=S)NN)C1. The van der Waals surface area contributed by atoms with Crippen LogP contribution in [-0.4, -0.2) is 41.0 Å². The van der Waals surface area contributed by atoms with E-state index in [4.69, 9.17) is 27.5 Å². The first-order chi connectivity index (χ1) is 7.81. The number of hydrazine groups is 1. The topological polar surface area (TPSA) is 76.8 Å². The number of rotatable bonds is 1. The number of hydrogen-bond acceptors (Lipinski definition) is 5. The molecule has 6 nitrogen and oxygen atoms in total. The van der Waals surface area contributed by atoms with Crippen molar-refractivity contribution < 1.29 is 14.3 Å². The molecular weight excluding hydrogens is 242 g/mol. The first-order valence-electron chi connectivity index (χ1n) is 5.47.